The monoisotopic (exact) mass is 226 g/mol. The molecule has 0 bridgehead atoms. The molecule has 0 aromatic heterocycles. The zero-order chi connectivity index (χ0) is 12.2. The number of ether oxygens (including phenoxy) is 1. The van der Waals surface area contributed by atoms with E-state index in [-0.39, 0.29) is 12.1 Å². The molecule has 1 rings (SSSR count). The maximum Gasteiger partial charge on any atom is 0.410 e. The lowest BCUT2D eigenvalue weighted by Crippen LogP contribution is -2.41. The summed E-state index contributed by atoms with van der Waals surface area (Å²) in [6.45, 7) is 6.50. The second-order valence-electron chi connectivity index (χ2n) is 4.90. The number of hydrogen-bond donors (Lipinski definition) is 0. The number of carbonyl (C=O) groups excluding carboxylic acids is 2. The molecule has 0 radical (unpaired) electrons. The maximum absolute atomic E-state index is 11.8. The van der Waals surface area contributed by atoms with E-state index < -0.39 is 5.60 Å². The Morgan fingerprint density at radius 3 is 2.81 bits per heavy atom. The highest BCUT2D eigenvalue weighted by Gasteiger charge is 2.31. The standard InChI is InChI=1S/C11H18N2O3/c1-11(2,3)16-10(15)13-6-4-5-9(13)7-12-8-14/h9H,4-7H2,1-3H3/t9-/m0/s1. The van der Waals surface area contributed by atoms with Crippen molar-refractivity contribution in [3.63, 3.8) is 0 Å². The van der Waals surface area contributed by atoms with Crippen LogP contribution in [0.2, 0.25) is 0 Å². The first kappa shape index (κ1) is 12.7. The summed E-state index contributed by atoms with van der Waals surface area (Å²) in [6, 6.07) is -0.0173. The molecule has 1 aliphatic heterocycles. The number of aliphatic imine (C=N–C) groups is 1. The minimum absolute atomic E-state index is 0.0173. The molecule has 0 N–H and O–H groups in total. The Bertz CT molecular complexity index is 303. The highest BCUT2D eigenvalue weighted by molar-refractivity contribution is 5.69. The smallest absolute Gasteiger partial charge is 0.410 e. The van der Waals surface area contributed by atoms with E-state index in [0.717, 1.165) is 12.8 Å². The topological polar surface area (TPSA) is 59.0 Å². The van der Waals surface area contributed by atoms with E-state index in [4.69, 9.17) is 4.74 Å². The molecule has 90 valence electrons. The fourth-order valence-corrected chi connectivity index (χ4v) is 1.73. The Balaban J connectivity index is 2.57. The largest absolute Gasteiger partial charge is 0.444 e. The molecule has 5 heteroatoms. The molecule has 1 aliphatic rings. The Morgan fingerprint density at radius 1 is 1.56 bits per heavy atom. The van der Waals surface area contributed by atoms with Crippen molar-refractivity contribution in [3.05, 3.63) is 0 Å². The fourth-order valence-electron chi connectivity index (χ4n) is 1.73. The number of amides is 1. The Hall–Kier alpha value is -1.35. The second-order valence-corrected chi connectivity index (χ2v) is 4.90. The van der Waals surface area contributed by atoms with Gasteiger partial charge in [-0.1, -0.05) is 0 Å². The number of isocyanates is 1. The van der Waals surface area contributed by atoms with E-state index >= 15 is 0 Å². The molecule has 1 atom stereocenters. The molecule has 16 heavy (non-hydrogen) atoms. The Kier molecular flexibility index (Phi) is 4.07. The van der Waals surface area contributed by atoms with Crippen LogP contribution < -0.4 is 0 Å². The molecule has 1 amide bonds. The molecule has 0 aliphatic carbocycles. The average Bonchev–Trinajstić information content (AvgIpc) is 2.59. The van der Waals surface area contributed by atoms with Crippen LogP contribution in [0.1, 0.15) is 33.6 Å². The molecule has 1 heterocycles. The van der Waals surface area contributed by atoms with Crippen molar-refractivity contribution in [1.29, 1.82) is 0 Å². The Labute approximate surface area is 95.5 Å². The van der Waals surface area contributed by atoms with Crippen LogP contribution in [0.3, 0.4) is 0 Å². The van der Waals surface area contributed by atoms with Gasteiger partial charge < -0.3 is 9.64 Å². The maximum atomic E-state index is 11.8. The Morgan fingerprint density at radius 2 is 2.25 bits per heavy atom. The summed E-state index contributed by atoms with van der Waals surface area (Å²) in [5, 5.41) is 0. The zero-order valence-corrected chi connectivity index (χ0v) is 10.0. The van der Waals surface area contributed by atoms with Gasteiger partial charge in [0.1, 0.15) is 5.60 Å². The predicted molar refractivity (Wildman–Crippen MR) is 59.0 cm³/mol. The van der Waals surface area contributed by atoms with Crippen LogP contribution in [0.15, 0.2) is 4.99 Å². The first-order chi connectivity index (χ1) is 7.44. The summed E-state index contributed by atoms with van der Waals surface area (Å²) >= 11 is 0. The number of nitrogens with zero attached hydrogens (tertiary/aromatic N) is 2. The zero-order valence-electron chi connectivity index (χ0n) is 10.0. The van der Waals surface area contributed by atoms with Crippen LogP contribution in [0.5, 0.6) is 0 Å². The quantitative estimate of drug-likeness (QED) is 0.532. The van der Waals surface area contributed by atoms with Crippen LogP contribution in [0.25, 0.3) is 0 Å². The van der Waals surface area contributed by atoms with E-state index in [1.54, 1.807) is 4.90 Å². The lowest BCUT2D eigenvalue weighted by Gasteiger charge is -2.27. The first-order valence-corrected chi connectivity index (χ1v) is 5.47. The minimum Gasteiger partial charge on any atom is -0.444 e. The van der Waals surface area contributed by atoms with Gasteiger partial charge in [-0.05, 0) is 33.6 Å². The SMILES string of the molecule is CC(C)(C)OC(=O)N1CCC[C@H]1CN=C=O. The molecule has 1 saturated heterocycles. The summed E-state index contributed by atoms with van der Waals surface area (Å²) in [7, 11) is 0. The van der Waals surface area contributed by atoms with Gasteiger partial charge in [0.05, 0.1) is 12.6 Å². The third kappa shape index (κ3) is 3.66. The fraction of sp³-hybridized carbons (Fsp3) is 0.818. The molecule has 0 saturated carbocycles. The van der Waals surface area contributed by atoms with Crippen molar-refractivity contribution in [1.82, 2.24) is 4.90 Å². The van der Waals surface area contributed by atoms with Crippen LogP contribution in [-0.4, -0.2) is 41.8 Å². The summed E-state index contributed by atoms with van der Waals surface area (Å²) in [5.41, 5.74) is -0.488. The molecular formula is C11H18N2O3. The lowest BCUT2D eigenvalue weighted by atomic mass is 10.2. The highest BCUT2D eigenvalue weighted by Crippen LogP contribution is 2.20. The van der Waals surface area contributed by atoms with E-state index in [1.807, 2.05) is 20.8 Å². The van der Waals surface area contributed by atoms with Crippen molar-refractivity contribution >= 4 is 12.2 Å². The van der Waals surface area contributed by atoms with Crippen molar-refractivity contribution in [2.24, 2.45) is 4.99 Å². The van der Waals surface area contributed by atoms with Gasteiger partial charge in [0.15, 0.2) is 0 Å². The third-order valence-electron chi connectivity index (χ3n) is 2.37. The molecule has 1 fully saturated rings. The third-order valence-corrected chi connectivity index (χ3v) is 2.37. The van der Waals surface area contributed by atoms with Crippen molar-refractivity contribution < 1.29 is 14.3 Å². The van der Waals surface area contributed by atoms with Crippen LogP contribution >= 0.6 is 0 Å². The predicted octanol–water partition coefficient (Wildman–Crippen LogP) is 1.72. The van der Waals surface area contributed by atoms with Crippen LogP contribution in [0.4, 0.5) is 4.79 Å². The molecule has 0 spiro atoms. The van der Waals surface area contributed by atoms with Gasteiger partial charge in [-0.15, -0.1) is 0 Å². The number of hydrogen-bond acceptors (Lipinski definition) is 4. The van der Waals surface area contributed by atoms with Crippen molar-refractivity contribution in [2.75, 3.05) is 13.1 Å². The first-order valence-electron chi connectivity index (χ1n) is 5.47. The van der Waals surface area contributed by atoms with E-state index in [2.05, 4.69) is 4.99 Å². The number of carbonyl (C=O) groups is 1. The van der Waals surface area contributed by atoms with Crippen LogP contribution in [0, 0.1) is 0 Å². The second kappa shape index (κ2) is 5.12. The summed E-state index contributed by atoms with van der Waals surface area (Å²) in [5.74, 6) is 0. The molecule has 0 unspecified atom stereocenters. The lowest BCUT2D eigenvalue weighted by molar-refractivity contribution is 0.0232. The summed E-state index contributed by atoms with van der Waals surface area (Å²) < 4.78 is 5.28. The molecular weight excluding hydrogens is 208 g/mol. The van der Waals surface area contributed by atoms with Crippen molar-refractivity contribution in [3.8, 4) is 0 Å². The van der Waals surface area contributed by atoms with Crippen molar-refractivity contribution in [2.45, 2.75) is 45.3 Å². The summed E-state index contributed by atoms with van der Waals surface area (Å²) in [6.07, 6.45) is 2.97. The van der Waals surface area contributed by atoms with E-state index in [9.17, 15) is 9.59 Å². The average molecular weight is 226 g/mol. The number of rotatable bonds is 2. The summed E-state index contributed by atoms with van der Waals surface area (Å²) in [4.78, 5) is 27.0. The molecule has 0 aromatic carbocycles. The minimum atomic E-state index is -0.488. The van der Waals surface area contributed by atoms with Gasteiger partial charge in [0.2, 0.25) is 6.08 Å². The van der Waals surface area contributed by atoms with Gasteiger partial charge >= 0.3 is 6.09 Å². The van der Waals surface area contributed by atoms with E-state index in [1.165, 1.54) is 6.08 Å². The normalized spacial score (nSPS) is 20.4. The van der Waals surface area contributed by atoms with Gasteiger partial charge in [0, 0.05) is 6.54 Å². The van der Waals surface area contributed by atoms with Crippen LogP contribution in [-0.2, 0) is 9.53 Å². The molecule has 5 nitrogen and oxygen atoms in total. The number of likely N-dealkylation sites (tertiary alicyclic amines) is 1. The van der Waals surface area contributed by atoms with Gasteiger partial charge in [0.25, 0.3) is 0 Å². The van der Waals surface area contributed by atoms with Gasteiger partial charge in [-0.2, -0.15) is 0 Å². The highest BCUT2D eigenvalue weighted by atomic mass is 16.6. The van der Waals surface area contributed by atoms with Gasteiger partial charge in [-0.3, -0.25) is 0 Å². The van der Waals surface area contributed by atoms with E-state index in [0.29, 0.717) is 13.1 Å². The molecule has 0 aromatic rings. The van der Waals surface area contributed by atoms with Gasteiger partial charge in [-0.25, -0.2) is 14.6 Å².